The first kappa shape index (κ1) is 10.0. The van der Waals surface area contributed by atoms with Crippen LogP contribution in [0.1, 0.15) is 48.5 Å². The van der Waals surface area contributed by atoms with E-state index in [9.17, 15) is 4.79 Å². The standard InChI is InChI=1S/C10H15N3O2/c11-9-8(10(14)15)6-12-13(9)7-4-2-1-3-5-7/h6-7H,1-5,11H2,(H,14,15). The van der Waals surface area contributed by atoms with E-state index in [1.165, 1.54) is 25.5 Å². The Balaban J connectivity index is 2.24. The van der Waals surface area contributed by atoms with Crippen LogP contribution in [0.2, 0.25) is 0 Å². The summed E-state index contributed by atoms with van der Waals surface area (Å²) >= 11 is 0. The lowest BCUT2D eigenvalue weighted by Gasteiger charge is -2.22. The molecule has 5 heteroatoms. The molecule has 0 unspecified atom stereocenters. The van der Waals surface area contributed by atoms with Gasteiger partial charge in [0.05, 0.1) is 12.2 Å². The van der Waals surface area contributed by atoms with Gasteiger partial charge in [-0.3, -0.25) is 0 Å². The van der Waals surface area contributed by atoms with E-state index in [4.69, 9.17) is 10.8 Å². The number of carboxylic acid groups (broad SMARTS) is 1. The number of nitrogens with zero attached hydrogens (tertiary/aromatic N) is 2. The fourth-order valence-electron chi connectivity index (χ4n) is 2.15. The van der Waals surface area contributed by atoms with E-state index in [1.807, 2.05) is 0 Å². The van der Waals surface area contributed by atoms with E-state index in [2.05, 4.69) is 5.10 Å². The predicted octanol–water partition coefficient (Wildman–Crippen LogP) is 1.67. The minimum absolute atomic E-state index is 0.112. The van der Waals surface area contributed by atoms with Gasteiger partial charge in [0, 0.05) is 0 Å². The van der Waals surface area contributed by atoms with Crippen molar-refractivity contribution in [2.45, 2.75) is 38.1 Å². The molecule has 0 aliphatic heterocycles. The van der Waals surface area contributed by atoms with Crippen LogP contribution in [0.5, 0.6) is 0 Å². The van der Waals surface area contributed by atoms with Gasteiger partial charge < -0.3 is 10.8 Å². The van der Waals surface area contributed by atoms with E-state index < -0.39 is 5.97 Å². The Kier molecular flexibility index (Phi) is 2.62. The summed E-state index contributed by atoms with van der Waals surface area (Å²) in [6, 6.07) is 0.284. The van der Waals surface area contributed by atoms with E-state index in [0.717, 1.165) is 12.8 Å². The number of carbonyl (C=O) groups is 1. The van der Waals surface area contributed by atoms with Crippen molar-refractivity contribution in [2.24, 2.45) is 0 Å². The average Bonchev–Trinajstić information content (AvgIpc) is 2.61. The van der Waals surface area contributed by atoms with Crippen LogP contribution in [-0.4, -0.2) is 20.9 Å². The molecule has 15 heavy (non-hydrogen) atoms. The molecule has 1 saturated carbocycles. The summed E-state index contributed by atoms with van der Waals surface area (Å²) in [4.78, 5) is 10.8. The van der Waals surface area contributed by atoms with Crippen LogP contribution in [0.25, 0.3) is 0 Å². The Hall–Kier alpha value is -1.52. The van der Waals surface area contributed by atoms with E-state index in [1.54, 1.807) is 4.68 Å². The third-order valence-electron chi connectivity index (χ3n) is 2.98. The zero-order chi connectivity index (χ0) is 10.8. The molecule has 0 saturated heterocycles. The lowest BCUT2D eigenvalue weighted by atomic mass is 9.96. The molecule has 1 fully saturated rings. The molecule has 1 heterocycles. The van der Waals surface area contributed by atoms with Crippen LogP contribution in [0.4, 0.5) is 5.82 Å². The van der Waals surface area contributed by atoms with Crippen LogP contribution in [0.15, 0.2) is 6.20 Å². The van der Waals surface area contributed by atoms with Gasteiger partial charge in [0.2, 0.25) is 0 Å². The molecule has 2 rings (SSSR count). The van der Waals surface area contributed by atoms with Crippen LogP contribution in [-0.2, 0) is 0 Å². The van der Waals surface area contributed by atoms with Crippen LogP contribution in [0, 0.1) is 0 Å². The molecule has 0 atom stereocenters. The van der Waals surface area contributed by atoms with Gasteiger partial charge in [-0.05, 0) is 12.8 Å². The predicted molar refractivity (Wildman–Crippen MR) is 55.7 cm³/mol. The summed E-state index contributed by atoms with van der Waals surface area (Å²) in [6.07, 6.45) is 7.03. The topological polar surface area (TPSA) is 81.1 Å². The summed E-state index contributed by atoms with van der Waals surface area (Å²) in [5.41, 5.74) is 5.87. The lowest BCUT2D eigenvalue weighted by Crippen LogP contribution is -2.16. The minimum Gasteiger partial charge on any atom is -0.477 e. The molecule has 1 aromatic heterocycles. The zero-order valence-electron chi connectivity index (χ0n) is 8.52. The highest BCUT2D eigenvalue weighted by Crippen LogP contribution is 2.30. The Morgan fingerprint density at radius 2 is 2.13 bits per heavy atom. The minimum atomic E-state index is -1.01. The zero-order valence-corrected chi connectivity index (χ0v) is 8.52. The number of aromatic nitrogens is 2. The van der Waals surface area contributed by atoms with Gasteiger partial charge in [0.15, 0.2) is 0 Å². The Bertz CT molecular complexity index is 367. The second kappa shape index (κ2) is 3.92. The third-order valence-corrected chi connectivity index (χ3v) is 2.98. The molecule has 0 bridgehead atoms. The van der Waals surface area contributed by atoms with Crippen molar-refractivity contribution in [3.63, 3.8) is 0 Å². The van der Waals surface area contributed by atoms with Crippen LogP contribution >= 0.6 is 0 Å². The van der Waals surface area contributed by atoms with Crippen LogP contribution in [0.3, 0.4) is 0 Å². The van der Waals surface area contributed by atoms with Crippen molar-refractivity contribution in [1.29, 1.82) is 0 Å². The number of rotatable bonds is 2. The molecule has 82 valence electrons. The third kappa shape index (κ3) is 1.82. The lowest BCUT2D eigenvalue weighted by molar-refractivity contribution is 0.0698. The number of carboxylic acids is 1. The summed E-state index contributed by atoms with van der Waals surface area (Å²) in [5.74, 6) is -0.719. The van der Waals surface area contributed by atoms with Crippen molar-refractivity contribution in [3.8, 4) is 0 Å². The SMILES string of the molecule is Nc1c(C(=O)O)cnn1C1CCCCC1. The molecule has 0 radical (unpaired) electrons. The highest BCUT2D eigenvalue weighted by molar-refractivity contribution is 5.92. The molecule has 1 aliphatic carbocycles. The van der Waals surface area contributed by atoms with Crippen molar-refractivity contribution in [1.82, 2.24) is 9.78 Å². The highest BCUT2D eigenvalue weighted by atomic mass is 16.4. The maximum Gasteiger partial charge on any atom is 0.341 e. The molecule has 1 aromatic rings. The van der Waals surface area contributed by atoms with E-state index >= 15 is 0 Å². The van der Waals surface area contributed by atoms with Crippen molar-refractivity contribution < 1.29 is 9.90 Å². The van der Waals surface area contributed by atoms with Gasteiger partial charge in [0.25, 0.3) is 0 Å². The number of anilines is 1. The number of hydrogen-bond acceptors (Lipinski definition) is 3. The second-order valence-corrected chi connectivity index (χ2v) is 3.99. The summed E-state index contributed by atoms with van der Waals surface area (Å²) in [5, 5.41) is 12.9. The van der Waals surface area contributed by atoms with Gasteiger partial charge >= 0.3 is 5.97 Å². The molecule has 1 aliphatic rings. The van der Waals surface area contributed by atoms with Gasteiger partial charge in [-0.1, -0.05) is 19.3 Å². The fourth-order valence-corrected chi connectivity index (χ4v) is 2.15. The Morgan fingerprint density at radius 1 is 1.47 bits per heavy atom. The first-order valence-electron chi connectivity index (χ1n) is 5.26. The summed E-state index contributed by atoms with van der Waals surface area (Å²) in [6.45, 7) is 0. The molecule has 3 N–H and O–H groups in total. The van der Waals surface area contributed by atoms with Gasteiger partial charge in [-0.15, -0.1) is 0 Å². The first-order chi connectivity index (χ1) is 7.20. The Labute approximate surface area is 87.9 Å². The van der Waals surface area contributed by atoms with Gasteiger partial charge in [-0.2, -0.15) is 5.10 Å². The molecular formula is C10H15N3O2. The van der Waals surface area contributed by atoms with Crippen molar-refractivity contribution in [2.75, 3.05) is 5.73 Å². The number of nitrogens with two attached hydrogens (primary N) is 1. The second-order valence-electron chi connectivity index (χ2n) is 3.99. The Morgan fingerprint density at radius 3 is 2.67 bits per heavy atom. The van der Waals surface area contributed by atoms with Crippen LogP contribution < -0.4 is 5.73 Å². The number of aromatic carboxylic acids is 1. The monoisotopic (exact) mass is 209 g/mol. The smallest absolute Gasteiger partial charge is 0.341 e. The molecular weight excluding hydrogens is 194 g/mol. The molecule has 0 aromatic carbocycles. The van der Waals surface area contributed by atoms with Gasteiger partial charge in [0.1, 0.15) is 11.4 Å². The average molecular weight is 209 g/mol. The normalized spacial score (nSPS) is 17.9. The fraction of sp³-hybridized carbons (Fsp3) is 0.600. The summed E-state index contributed by atoms with van der Waals surface area (Å²) < 4.78 is 1.67. The number of nitrogen functional groups attached to an aromatic ring is 1. The number of hydrogen-bond donors (Lipinski definition) is 2. The van der Waals surface area contributed by atoms with E-state index in [-0.39, 0.29) is 17.4 Å². The van der Waals surface area contributed by atoms with E-state index in [0.29, 0.717) is 0 Å². The first-order valence-corrected chi connectivity index (χ1v) is 5.26. The molecule has 0 amide bonds. The summed E-state index contributed by atoms with van der Waals surface area (Å²) in [7, 11) is 0. The maximum absolute atomic E-state index is 10.8. The largest absolute Gasteiger partial charge is 0.477 e. The van der Waals surface area contributed by atoms with Crippen molar-refractivity contribution in [3.05, 3.63) is 11.8 Å². The molecule has 0 spiro atoms. The maximum atomic E-state index is 10.8. The highest BCUT2D eigenvalue weighted by Gasteiger charge is 2.21. The van der Waals surface area contributed by atoms with Crippen molar-refractivity contribution >= 4 is 11.8 Å². The van der Waals surface area contributed by atoms with Gasteiger partial charge in [-0.25, -0.2) is 9.48 Å². The molecule has 5 nitrogen and oxygen atoms in total. The quantitative estimate of drug-likeness (QED) is 0.776.